The van der Waals surface area contributed by atoms with Gasteiger partial charge in [-0.3, -0.25) is 14.3 Å². The lowest BCUT2D eigenvalue weighted by Crippen LogP contribution is -2.43. The third-order valence-electron chi connectivity index (χ3n) is 6.22. The molecule has 0 aromatic carbocycles. The van der Waals surface area contributed by atoms with E-state index in [1.807, 2.05) is 0 Å². The molecule has 1 unspecified atom stereocenters. The largest absolute Gasteiger partial charge is 0.453 e. The van der Waals surface area contributed by atoms with Crippen molar-refractivity contribution in [3.05, 3.63) is 12.2 Å². The Bertz CT molecular complexity index is 1200. The molecular weight excluding hydrogens is 458 g/mol. The lowest BCUT2D eigenvalue weighted by Gasteiger charge is -2.17. The van der Waals surface area contributed by atoms with Gasteiger partial charge in [-0.2, -0.15) is 0 Å². The van der Waals surface area contributed by atoms with E-state index >= 15 is 0 Å². The Hall–Kier alpha value is -3.47. The number of nitrogens with zero attached hydrogens (tertiary/aromatic N) is 5. The summed E-state index contributed by atoms with van der Waals surface area (Å²) in [6.45, 7) is 0.711. The Morgan fingerprint density at radius 2 is 2.06 bits per heavy atom. The Morgan fingerprint density at radius 3 is 2.74 bits per heavy atom. The molecule has 3 fully saturated rings. The first kappa shape index (κ1) is 23.3. The average Bonchev–Trinajstić information content (AvgIpc) is 3.76. The minimum Gasteiger partial charge on any atom is -0.453 e. The molecule has 3 heterocycles. The molecule has 186 valence electrons. The van der Waals surface area contributed by atoms with Crippen LogP contribution in [0, 0.1) is 17.8 Å². The van der Waals surface area contributed by atoms with Crippen molar-refractivity contribution >= 4 is 29.0 Å². The zero-order valence-electron chi connectivity index (χ0n) is 19.1. The van der Waals surface area contributed by atoms with Crippen molar-refractivity contribution in [1.82, 2.24) is 29.7 Å². The third kappa shape index (κ3) is 4.86. The number of rotatable bonds is 6. The third-order valence-corrected chi connectivity index (χ3v) is 6.22. The van der Waals surface area contributed by atoms with Crippen LogP contribution in [0.2, 0.25) is 0 Å². The van der Waals surface area contributed by atoms with E-state index < -0.39 is 36.5 Å². The molecule has 13 nitrogen and oxygen atoms in total. The number of nitrogen functional groups attached to an aromatic ring is 1. The van der Waals surface area contributed by atoms with Crippen LogP contribution < -0.4 is 11.1 Å². The van der Waals surface area contributed by atoms with Gasteiger partial charge in [-0.25, -0.2) is 19.7 Å². The predicted octanol–water partition coefficient (Wildman–Crippen LogP) is -0.864. The van der Waals surface area contributed by atoms with Gasteiger partial charge in [0, 0.05) is 12.6 Å². The summed E-state index contributed by atoms with van der Waals surface area (Å²) >= 11 is 0. The van der Waals surface area contributed by atoms with Crippen LogP contribution >= 0.6 is 0 Å². The van der Waals surface area contributed by atoms with Gasteiger partial charge in [0.2, 0.25) is 5.82 Å². The monoisotopic (exact) mass is 485 g/mol. The molecule has 0 bridgehead atoms. The Morgan fingerprint density at radius 1 is 1.29 bits per heavy atom. The standard InChI is InChI=1S/C22H27N7O6/c1-34-22(33)28(9-11-4-5-11)8-2-3-13-26-18(23)14-19(27-13)29(10-24-14)21-16(31)15(30)17(35-21)20(32)25-12-6-7-12/h10-12,15-17,21,30-31H,4-9H2,1H3,(H,25,32)(H2,23,26,27)/t15?,16-,17-,21+/m0/s1. The van der Waals surface area contributed by atoms with Crippen LogP contribution in [0.3, 0.4) is 0 Å². The lowest BCUT2D eigenvalue weighted by molar-refractivity contribution is -0.137. The summed E-state index contributed by atoms with van der Waals surface area (Å²) in [5, 5.41) is 23.8. The lowest BCUT2D eigenvalue weighted by atomic mass is 10.1. The highest BCUT2D eigenvalue weighted by Gasteiger charge is 2.48. The van der Waals surface area contributed by atoms with Crippen molar-refractivity contribution in [2.75, 3.05) is 25.9 Å². The van der Waals surface area contributed by atoms with Gasteiger partial charge in [0.1, 0.15) is 17.7 Å². The van der Waals surface area contributed by atoms with Crippen LogP contribution in [0.5, 0.6) is 0 Å². The number of fused-ring (bicyclic) bond motifs is 1. The van der Waals surface area contributed by atoms with E-state index in [0.717, 1.165) is 25.7 Å². The molecule has 3 aliphatic rings. The molecule has 1 saturated heterocycles. The maximum absolute atomic E-state index is 12.4. The molecule has 5 N–H and O–H groups in total. The molecule has 2 aliphatic carbocycles. The van der Waals surface area contributed by atoms with E-state index in [4.69, 9.17) is 15.2 Å². The Kier molecular flexibility index (Phi) is 6.18. The number of anilines is 1. The molecule has 2 aromatic heterocycles. The van der Waals surface area contributed by atoms with Gasteiger partial charge < -0.3 is 30.7 Å². The molecule has 2 amide bonds. The number of aliphatic hydroxyl groups is 2. The average molecular weight is 486 g/mol. The molecule has 0 spiro atoms. The maximum atomic E-state index is 12.4. The van der Waals surface area contributed by atoms with E-state index in [9.17, 15) is 19.8 Å². The number of hydrogen-bond acceptors (Lipinski definition) is 10. The van der Waals surface area contributed by atoms with Gasteiger partial charge in [0.25, 0.3) is 5.91 Å². The topological polar surface area (TPSA) is 178 Å². The van der Waals surface area contributed by atoms with E-state index in [-0.39, 0.29) is 35.4 Å². The van der Waals surface area contributed by atoms with Crippen molar-refractivity contribution in [2.24, 2.45) is 5.92 Å². The first-order chi connectivity index (χ1) is 16.9. The fourth-order valence-electron chi connectivity index (χ4n) is 3.96. The van der Waals surface area contributed by atoms with Gasteiger partial charge in [-0.15, -0.1) is 0 Å². The zero-order valence-corrected chi connectivity index (χ0v) is 19.1. The number of imidazole rings is 1. The van der Waals surface area contributed by atoms with Crippen LogP contribution in [0.25, 0.3) is 11.2 Å². The minimum absolute atomic E-state index is 0.0666. The number of nitrogens with one attached hydrogen (secondary N) is 1. The first-order valence-corrected chi connectivity index (χ1v) is 11.5. The van der Waals surface area contributed by atoms with Gasteiger partial charge in [-0.05, 0) is 37.5 Å². The number of amides is 2. The van der Waals surface area contributed by atoms with Crippen LogP contribution in [0.15, 0.2) is 6.33 Å². The minimum atomic E-state index is -1.43. The number of methoxy groups -OCH3 is 1. The first-order valence-electron chi connectivity index (χ1n) is 11.5. The molecule has 5 rings (SSSR count). The Balaban J connectivity index is 1.36. The highest BCUT2D eigenvalue weighted by atomic mass is 16.6. The second-order valence-electron chi connectivity index (χ2n) is 9.06. The van der Waals surface area contributed by atoms with Crippen LogP contribution in [0.4, 0.5) is 10.6 Å². The molecule has 4 atom stereocenters. The summed E-state index contributed by atoms with van der Waals surface area (Å²) in [7, 11) is 1.32. The SMILES string of the molecule is COC(=O)N(CC#Cc1nc(N)c2ncn([C@@H]3O[C@H](C(=O)NC4CC4)C(O)[C@@H]3O)c2n1)CC1CC1. The second kappa shape index (κ2) is 9.29. The van der Waals surface area contributed by atoms with Crippen molar-refractivity contribution < 1.29 is 29.3 Å². The molecule has 13 heteroatoms. The molecule has 35 heavy (non-hydrogen) atoms. The Labute approximate surface area is 200 Å². The summed E-state index contributed by atoms with van der Waals surface area (Å²) in [5.41, 5.74) is 6.53. The van der Waals surface area contributed by atoms with E-state index in [2.05, 4.69) is 32.1 Å². The zero-order chi connectivity index (χ0) is 24.7. The van der Waals surface area contributed by atoms with Gasteiger partial charge in [-0.1, -0.05) is 5.92 Å². The fourth-order valence-corrected chi connectivity index (χ4v) is 3.96. The summed E-state index contributed by atoms with van der Waals surface area (Å²) < 4.78 is 11.9. The molecule has 1 aliphatic heterocycles. The normalized spacial score (nSPS) is 25.7. The van der Waals surface area contributed by atoms with Crippen LogP contribution in [-0.4, -0.2) is 91.2 Å². The maximum Gasteiger partial charge on any atom is 0.410 e. The van der Waals surface area contributed by atoms with Gasteiger partial charge in [0.15, 0.2) is 23.8 Å². The fraction of sp³-hybridized carbons (Fsp3) is 0.591. The number of ether oxygens (including phenoxy) is 2. The van der Waals surface area contributed by atoms with Crippen molar-refractivity contribution in [1.29, 1.82) is 0 Å². The highest BCUT2D eigenvalue weighted by Crippen LogP contribution is 2.33. The highest BCUT2D eigenvalue weighted by molar-refractivity contribution is 5.83. The molecule has 2 aromatic rings. The predicted molar refractivity (Wildman–Crippen MR) is 120 cm³/mol. The van der Waals surface area contributed by atoms with Crippen LogP contribution in [-0.2, 0) is 14.3 Å². The second-order valence-corrected chi connectivity index (χ2v) is 9.06. The van der Waals surface area contributed by atoms with Crippen LogP contribution in [0.1, 0.15) is 37.7 Å². The van der Waals surface area contributed by atoms with Crippen molar-refractivity contribution in [3.63, 3.8) is 0 Å². The van der Waals surface area contributed by atoms with Gasteiger partial charge in [0.05, 0.1) is 20.0 Å². The van der Waals surface area contributed by atoms with Crippen molar-refractivity contribution in [2.45, 2.75) is 56.3 Å². The number of carbonyl (C=O) groups excluding carboxylic acids is 2. The summed E-state index contributed by atoms with van der Waals surface area (Å²) in [5.74, 6) is 5.83. The smallest absolute Gasteiger partial charge is 0.410 e. The number of carbonyl (C=O) groups is 2. The number of aliphatic hydroxyl groups excluding tert-OH is 2. The molecule has 2 saturated carbocycles. The van der Waals surface area contributed by atoms with E-state index in [0.29, 0.717) is 12.5 Å². The molecular formula is C22H27N7O6. The van der Waals surface area contributed by atoms with Crippen molar-refractivity contribution in [3.8, 4) is 11.8 Å². The summed E-state index contributed by atoms with van der Waals surface area (Å²) in [6.07, 6.45) is -0.363. The quantitative estimate of drug-likeness (QED) is 0.376. The van der Waals surface area contributed by atoms with E-state index in [1.165, 1.54) is 22.9 Å². The number of nitrogens with two attached hydrogens (primary N) is 1. The van der Waals surface area contributed by atoms with E-state index in [1.54, 1.807) is 0 Å². The summed E-state index contributed by atoms with van der Waals surface area (Å²) in [4.78, 5) is 38.7. The number of aromatic nitrogens is 4. The van der Waals surface area contributed by atoms with Gasteiger partial charge >= 0.3 is 6.09 Å². The summed E-state index contributed by atoms with van der Waals surface area (Å²) in [6, 6.07) is 0.0802. The molecule has 0 radical (unpaired) electrons. The number of hydrogen-bond donors (Lipinski definition) is 4.